The molecule has 2 aromatic rings. The highest BCUT2D eigenvalue weighted by Gasteiger charge is 2.25. The van der Waals surface area contributed by atoms with Crippen LogP contribution in [0.1, 0.15) is 12.5 Å². The van der Waals surface area contributed by atoms with E-state index in [9.17, 15) is 14.7 Å². The highest BCUT2D eigenvalue weighted by atomic mass is 35.5. The van der Waals surface area contributed by atoms with Gasteiger partial charge in [-0.05, 0) is 24.6 Å². The van der Waals surface area contributed by atoms with Crippen LogP contribution in [0.25, 0.3) is 0 Å². The van der Waals surface area contributed by atoms with Crippen molar-refractivity contribution in [2.45, 2.75) is 13.5 Å². The van der Waals surface area contributed by atoms with Crippen LogP contribution in [0.4, 0.5) is 5.69 Å². The molecule has 2 aromatic carbocycles. The summed E-state index contributed by atoms with van der Waals surface area (Å²) in [4.78, 5) is 26.5. The van der Waals surface area contributed by atoms with Crippen molar-refractivity contribution in [1.29, 1.82) is 0 Å². The number of nitrogens with zero attached hydrogens (tertiary/aromatic N) is 1. The Hall–Kier alpha value is -2.57. The van der Waals surface area contributed by atoms with E-state index in [0.29, 0.717) is 0 Å². The second-order valence-corrected chi connectivity index (χ2v) is 6.22. The van der Waals surface area contributed by atoms with Gasteiger partial charge in [-0.15, -0.1) is 0 Å². The Morgan fingerprint density at radius 1 is 1.15 bits per heavy atom. The van der Waals surface area contributed by atoms with Crippen LogP contribution in [0.2, 0.25) is 10.0 Å². The van der Waals surface area contributed by atoms with Crippen molar-refractivity contribution >= 4 is 46.5 Å². The number of carboxylic acid groups (broad SMARTS) is 2. The number of carboxylic acids is 2. The van der Waals surface area contributed by atoms with E-state index in [2.05, 4.69) is 4.99 Å². The normalized spacial score (nSPS) is 12.5. The zero-order chi connectivity index (χ0) is 19.3. The molecule has 0 aliphatic rings. The van der Waals surface area contributed by atoms with E-state index in [4.69, 9.17) is 33.0 Å². The van der Waals surface area contributed by atoms with Crippen molar-refractivity contribution in [1.82, 2.24) is 0 Å². The topological polar surface area (TPSA) is 96.2 Å². The van der Waals surface area contributed by atoms with Crippen molar-refractivity contribution in [3.63, 3.8) is 0 Å². The summed E-state index contributed by atoms with van der Waals surface area (Å²) in [6.45, 7) is 1.40. The summed E-state index contributed by atoms with van der Waals surface area (Å²) in [5.74, 6) is -3.97. The third-order valence-corrected chi connectivity index (χ3v) is 3.95. The quantitative estimate of drug-likeness (QED) is 0.674. The number of rotatable bonds is 7. The Bertz CT molecular complexity index is 852. The van der Waals surface area contributed by atoms with Gasteiger partial charge in [-0.1, -0.05) is 53.5 Å². The number of ether oxygens (including phenoxy) is 1. The minimum Gasteiger partial charge on any atom is -0.485 e. The van der Waals surface area contributed by atoms with E-state index >= 15 is 0 Å². The van der Waals surface area contributed by atoms with Crippen LogP contribution in [-0.2, 0) is 16.2 Å². The Morgan fingerprint density at radius 3 is 2.38 bits per heavy atom. The van der Waals surface area contributed by atoms with Crippen molar-refractivity contribution in [3.05, 3.63) is 58.1 Å². The maximum absolute atomic E-state index is 11.4. The molecule has 0 heterocycles. The first kappa shape index (κ1) is 19.8. The van der Waals surface area contributed by atoms with E-state index in [1.807, 2.05) is 30.3 Å². The summed E-state index contributed by atoms with van der Waals surface area (Å²) < 4.78 is 5.69. The maximum Gasteiger partial charge on any atom is 0.351 e. The lowest BCUT2D eigenvalue weighted by Crippen LogP contribution is -2.27. The highest BCUT2D eigenvalue weighted by molar-refractivity contribution is 6.40. The third kappa shape index (κ3) is 4.97. The SMILES string of the molecule is CC(C(=O)O)C(=Nc1cc(Cl)cc(Cl)c1OCc1ccccc1)C(=O)O. The zero-order valence-electron chi connectivity index (χ0n) is 13.6. The maximum atomic E-state index is 11.4. The van der Waals surface area contributed by atoms with Crippen LogP contribution in [0.5, 0.6) is 5.75 Å². The molecule has 1 unspecified atom stereocenters. The number of aliphatic carboxylic acids is 2. The van der Waals surface area contributed by atoms with Gasteiger partial charge < -0.3 is 14.9 Å². The fourth-order valence-electron chi connectivity index (χ4n) is 2.08. The molecule has 6 nitrogen and oxygen atoms in total. The molecular formula is C18H15Cl2NO5. The Balaban J connectivity index is 2.44. The van der Waals surface area contributed by atoms with E-state index < -0.39 is 23.6 Å². The van der Waals surface area contributed by atoms with Gasteiger partial charge in [-0.3, -0.25) is 4.79 Å². The summed E-state index contributed by atoms with van der Waals surface area (Å²) >= 11 is 12.1. The predicted octanol–water partition coefficient (Wildman–Crippen LogP) is 4.45. The van der Waals surface area contributed by atoms with Gasteiger partial charge in [0.1, 0.15) is 23.9 Å². The fourth-order valence-corrected chi connectivity index (χ4v) is 2.62. The van der Waals surface area contributed by atoms with Gasteiger partial charge in [0.15, 0.2) is 5.75 Å². The lowest BCUT2D eigenvalue weighted by atomic mass is 10.1. The number of aliphatic imine (C=N–C) groups is 1. The van der Waals surface area contributed by atoms with E-state index in [-0.39, 0.29) is 28.1 Å². The second-order valence-electron chi connectivity index (χ2n) is 5.37. The molecule has 0 amide bonds. The molecule has 1 atom stereocenters. The molecule has 2 N–H and O–H groups in total. The summed E-state index contributed by atoms with van der Waals surface area (Å²) in [6, 6.07) is 12.1. The van der Waals surface area contributed by atoms with Crippen LogP contribution in [0.15, 0.2) is 47.5 Å². The summed E-state index contributed by atoms with van der Waals surface area (Å²) in [5.41, 5.74) is 0.357. The molecule has 2 rings (SSSR count). The van der Waals surface area contributed by atoms with Crippen molar-refractivity contribution in [2.24, 2.45) is 10.9 Å². The minimum atomic E-state index is -1.45. The molecule has 0 aliphatic carbocycles. The molecular weight excluding hydrogens is 381 g/mol. The molecule has 0 aromatic heterocycles. The van der Waals surface area contributed by atoms with Crippen LogP contribution >= 0.6 is 23.2 Å². The standard InChI is InChI=1S/C18H15Cl2NO5/c1-10(17(22)23)15(18(24)25)21-14-8-12(19)7-13(20)16(14)26-9-11-5-3-2-4-6-11/h2-8,10H,9H2,1H3,(H,22,23)(H,24,25). The minimum absolute atomic E-state index is 0.0453. The molecule has 0 aliphatic heterocycles. The predicted molar refractivity (Wildman–Crippen MR) is 98.8 cm³/mol. The summed E-state index contributed by atoms with van der Waals surface area (Å²) in [5, 5.41) is 18.7. The number of benzene rings is 2. The van der Waals surface area contributed by atoms with Crippen molar-refractivity contribution in [3.8, 4) is 5.75 Å². The Kier molecular flexibility index (Phi) is 6.60. The third-order valence-electron chi connectivity index (χ3n) is 3.46. The van der Waals surface area contributed by atoms with Gasteiger partial charge in [0.2, 0.25) is 0 Å². The van der Waals surface area contributed by atoms with Crippen LogP contribution in [0, 0.1) is 5.92 Å². The second kappa shape index (κ2) is 8.69. The van der Waals surface area contributed by atoms with Gasteiger partial charge in [0, 0.05) is 5.02 Å². The number of hydrogen-bond donors (Lipinski definition) is 2. The van der Waals surface area contributed by atoms with E-state index in [0.717, 1.165) is 5.56 Å². The monoisotopic (exact) mass is 395 g/mol. The van der Waals surface area contributed by atoms with Gasteiger partial charge in [0.05, 0.1) is 5.02 Å². The lowest BCUT2D eigenvalue weighted by Gasteiger charge is -2.13. The summed E-state index contributed by atoms with van der Waals surface area (Å²) in [6.07, 6.45) is 0. The van der Waals surface area contributed by atoms with Crippen LogP contribution in [-0.4, -0.2) is 27.9 Å². The molecule has 0 fully saturated rings. The first-order valence-corrected chi connectivity index (χ1v) is 8.25. The van der Waals surface area contributed by atoms with Crippen molar-refractivity contribution < 1.29 is 24.5 Å². The smallest absolute Gasteiger partial charge is 0.351 e. The number of halogens is 2. The molecule has 0 saturated heterocycles. The largest absolute Gasteiger partial charge is 0.485 e. The molecule has 136 valence electrons. The molecule has 0 radical (unpaired) electrons. The zero-order valence-corrected chi connectivity index (χ0v) is 15.2. The van der Waals surface area contributed by atoms with Gasteiger partial charge in [-0.2, -0.15) is 0 Å². The highest BCUT2D eigenvalue weighted by Crippen LogP contribution is 2.39. The molecule has 0 spiro atoms. The first-order valence-electron chi connectivity index (χ1n) is 7.50. The van der Waals surface area contributed by atoms with Crippen molar-refractivity contribution in [2.75, 3.05) is 0 Å². The fraction of sp³-hybridized carbons (Fsp3) is 0.167. The van der Waals surface area contributed by atoms with Gasteiger partial charge in [0.25, 0.3) is 0 Å². The van der Waals surface area contributed by atoms with Gasteiger partial charge in [-0.25, -0.2) is 9.79 Å². The van der Waals surface area contributed by atoms with E-state index in [1.165, 1.54) is 19.1 Å². The van der Waals surface area contributed by atoms with Crippen LogP contribution in [0.3, 0.4) is 0 Å². The molecule has 0 saturated carbocycles. The summed E-state index contributed by atoms with van der Waals surface area (Å²) in [7, 11) is 0. The molecule has 26 heavy (non-hydrogen) atoms. The molecule has 0 bridgehead atoms. The van der Waals surface area contributed by atoms with E-state index in [1.54, 1.807) is 0 Å². The number of hydrogen-bond acceptors (Lipinski definition) is 4. The van der Waals surface area contributed by atoms with Gasteiger partial charge >= 0.3 is 11.9 Å². The average Bonchev–Trinajstić information content (AvgIpc) is 2.58. The molecule has 8 heteroatoms. The lowest BCUT2D eigenvalue weighted by molar-refractivity contribution is -0.140. The number of carbonyl (C=O) groups is 2. The first-order chi connectivity index (χ1) is 12.3. The Morgan fingerprint density at radius 2 is 1.81 bits per heavy atom. The average molecular weight is 396 g/mol. The Labute approximate surface area is 159 Å². The van der Waals surface area contributed by atoms with Crippen LogP contribution < -0.4 is 4.74 Å².